The Bertz CT molecular complexity index is 259. The number of alkyl halides is 5. The van der Waals surface area contributed by atoms with Crippen molar-refractivity contribution in [3.8, 4) is 0 Å². The maximum atomic E-state index is 12.5. The minimum Gasteiger partial charge on any atom is -0.333 e. The summed E-state index contributed by atoms with van der Waals surface area (Å²) in [5.74, 6) is -7.37. The van der Waals surface area contributed by atoms with Crippen LogP contribution in [-0.4, -0.2) is 47.9 Å². The Hall–Kier alpha value is -0.660. The van der Waals surface area contributed by atoms with Crippen molar-refractivity contribution in [2.45, 2.75) is 12.3 Å². The molecule has 0 radical (unpaired) electrons. The van der Waals surface area contributed by atoms with E-state index < -0.39 is 30.6 Å². The van der Waals surface area contributed by atoms with E-state index in [1.165, 1.54) is 0 Å². The number of carbonyl (C=O) groups is 2. The molecule has 0 aliphatic carbocycles. The summed E-state index contributed by atoms with van der Waals surface area (Å²) in [7, 11) is 0.860. The SMILES string of the molecule is CN(CC(=O)CBr)C(=O)C(F)(F)C(F)F. The van der Waals surface area contributed by atoms with E-state index in [2.05, 4.69) is 15.9 Å². The molecule has 15 heavy (non-hydrogen) atoms. The summed E-state index contributed by atoms with van der Waals surface area (Å²) in [5, 5.41) is -0.134. The lowest BCUT2D eigenvalue weighted by Crippen LogP contribution is -2.47. The zero-order valence-corrected chi connectivity index (χ0v) is 9.23. The van der Waals surface area contributed by atoms with Gasteiger partial charge in [-0.05, 0) is 0 Å². The first-order chi connectivity index (χ1) is 6.73. The summed E-state index contributed by atoms with van der Waals surface area (Å²) in [6, 6.07) is 0. The number of ketones is 1. The summed E-state index contributed by atoms with van der Waals surface area (Å²) in [6.07, 6.45) is -4.08. The number of likely N-dealkylation sites (N-methyl/N-ethyl adjacent to an activating group) is 1. The van der Waals surface area contributed by atoms with Crippen LogP contribution in [0.25, 0.3) is 0 Å². The van der Waals surface area contributed by atoms with Gasteiger partial charge in [0.15, 0.2) is 5.78 Å². The molecule has 0 aliphatic rings. The predicted molar refractivity (Wildman–Crippen MR) is 47.4 cm³/mol. The molecule has 3 nitrogen and oxygen atoms in total. The Labute approximate surface area is 91.5 Å². The van der Waals surface area contributed by atoms with Gasteiger partial charge in [0.05, 0.1) is 11.9 Å². The van der Waals surface area contributed by atoms with Crippen molar-refractivity contribution < 1.29 is 27.2 Å². The van der Waals surface area contributed by atoms with E-state index in [4.69, 9.17) is 0 Å². The second-order valence-electron chi connectivity index (χ2n) is 2.76. The van der Waals surface area contributed by atoms with Gasteiger partial charge in [0, 0.05) is 7.05 Å². The Morgan fingerprint density at radius 1 is 1.40 bits per heavy atom. The lowest BCUT2D eigenvalue weighted by molar-refractivity contribution is -0.179. The number of hydrogen-bond acceptors (Lipinski definition) is 2. The maximum Gasteiger partial charge on any atom is 0.383 e. The molecule has 0 atom stereocenters. The van der Waals surface area contributed by atoms with Gasteiger partial charge >= 0.3 is 12.3 Å². The van der Waals surface area contributed by atoms with Crippen LogP contribution in [0.2, 0.25) is 0 Å². The normalized spacial score (nSPS) is 11.7. The average Bonchev–Trinajstić information content (AvgIpc) is 2.15. The van der Waals surface area contributed by atoms with E-state index in [0.29, 0.717) is 0 Å². The Kier molecular flexibility index (Phi) is 5.19. The smallest absolute Gasteiger partial charge is 0.333 e. The molecule has 0 rings (SSSR count). The van der Waals surface area contributed by atoms with E-state index in [1.54, 1.807) is 0 Å². The summed E-state index contributed by atoms with van der Waals surface area (Å²) >= 11 is 2.75. The molecule has 0 heterocycles. The van der Waals surface area contributed by atoms with Crippen molar-refractivity contribution in [3.63, 3.8) is 0 Å². The van der Waals surface area contributed by atoms with Crippen molar-refractivity contribution >= 4 is 27.6 Å². The number of amides is 1. The molecule has 1 amide bonds. The first-order valence-corrected chi connectivity index (χ1v) is 4.84. The summed E-state index contributed by atoms with van der Waals surface area (Å²) in [5.41, 5.74) is 0. The molecule has 0 saturated heterocycles. The van der Waals surface area contributed by atoms with E-state index in [1.807, 2.05) is 0 Å². The van der Waals surface area contributed by atoms with Crippen LogP contribution in [0.3, 0.4) is 0 Å². The van der Waals surface area contributed by atoms with Gasteiger partial charge in [-0.15, -0.1) is 0 Å². The predicted octanol–water partition coefficient (Wildman–Crippen LogP) is 1.31. The van der Waals surface area contributed by atoms with Crippen LogP contribution in [0.15, 0.2) is 0 Å². The molecule has 0 N–H and O–H groups in total. The van der Waals surface area contributed by atoms with Gasteiger partial charge < -0.3 is 4.90 Å². The minimum atomic E-state index is -4.75. The quantitative estimate of drug-likeness (QED) is 0.566. The average molecular weight is 294 g/mol. The number of nitrogens with zero attached hydrogens (tertiary/aromatic N) is 1. The molecule has 0 aliphatic heterocycles. The summed E-state index contributed by atoms with van der Waals surface area (Å²) < 4.78 is 48.5. The highest BCUT2D eigenvalue weighted by molar-refractivity contribution is 9.09. The number of rotatable bonds is 5. The minimum absolute atomic E-state index is 0.134. The Balaban J connectivity index is 4.51. The zero-order valence-electron chi connectivity index (χ0n) is 7.65. The number of Topliss-reactive ketones (excluding diaryl/α,β-unsaturated/α-hetero) is 1. The lowest BCUT2D eigenvalue weighted by atomic mass is 10.3. The molecule has 8 heteroatoms. The van der Waals surface area contributed by atoms with Crippen LogP contribution >= 0.6 is 15.9 Å². The van der Waals surface area contributed by atoms with Crippen molar-refractivity contribution in [2.75, 3.05) is 18.9 Å². The molecule has 0 unspecified atom stereocenters. The molecule has 88 valence electrons. The number of carbonyl (C=O) groups excluding carboxylic acids is 2. The molecular weight excluding hydrogens is 286 g/mol. The van der Waals surface area contributed by atoms with Crippen LogP contribution in [0.4, 0.5) is 17.6 Å². The van der Waals surface area contributed by atoms with Gasteiger partial charge in [-0.2, -0.15) is 8.78 Å². The van der Waals surface area contributed by atoms with Crippen molar-refractivity contribution in [3.05, 3.63) is 0 Å². The highest BCUT2D eigenvalue weighted by atomic mass is 79.9. The van der Waals surface area contributed by atoms with Crippen LogP contribution in [-0.2, 0) is 9.59 Å². The molecular formula is C7H8BrF4NO2. The lowest BCUT2D eigenvalue weighted by Gasteiger charge is -2.21. The number of hydrogen-bond donors (Lipinski definition) is 0. The third-order valence-electron chi connectivity index (χ3n) is 1.47. The van der Waals surface area contributed by atoms with Crippen molar-refractivity contribution in [1.82, 2.24) is 4.90 Å². The van der Waals surface area contributed by atoms with Gasteiger partial charge in [0.2, 0.25) is 0 Å². The van der Waals surface area contributed by atoms with E-state index in [9.17, 15) is 27.2 Å². The summed E-state index contributed by atoms with van der Waals surface area (Å²) in [4.78, 5) is 21.8. The van der Waals surface area contributed by atoms with Gasteiger partial charge in [-0.1, -0.05) is 15.9 Å². The van der Waals surface area contributed by atoms with E-state index >= 15 is 0 Å². The Morgan fingerprint density at radius 2 is 1.87 bits per heavy atom. The topological polar surface area (TPSA) is 37.4 Å². The molecule has 0 bridgehead atoms. The fourth-order valence-electron chi connectivity index (χ4n) is 0.726. The maximum absolute atomic E-state index is 12.5. The Morgan fingerprint density at radius 3 is 2.20 bits per heavy atom. The van der Waals surface area contributed by atoms with Crippen LogP contribution in [0.5, 0.6) is 0 Å². The molecule has 0 aromatic carbocycles. The molecule has 0 fully saturated rings. The standard InChI is InChI=1S/C7H8BrF4NO2/c1-13(3-4(14)2-8)6(15)7(11,12)5(9)10/h5H,2-3H2,1H3. The molecule has 0 spiro atoms. The zero-order chi connectivity index (χ0) is 12.2. The van der Waals surface area contributed by atoms with Gasteiger partial charge in [-0.3, -0.25) is 9.59 Å². The van der Waals surface area contributed by atoms with Crippen LogP contribution < -0.4 is 0 Å². The molecule has 0 aromatic heterocycles. The number of halogens is 5. The third-order valence-corrected chi connectivity index (χ3v) is 2.09. The van der Waals surface area contributed by atoms with E-state index in [0.717, 1.165) is 7.05 Å². The second-order valence-corrected chi connectivity index (χ2v) is 3.32. The summed E-state index contributed by atoms with van der Waals surface area (Å²) in [6.45, 7) is -0.633. The largest absolute Gasteiger partial charge is 0.383 e. The monoisotopic (exact) mass is 293 g/mol. The molecule has 0 aromatic rings. The van der Waals surface area contributed by atoms with Gasteiger partial charge in [-0.25, -0.2) is 8.78 Å². The van der Waals surface area contributed by atoms with Crippen LogP contribution in [0.1, 0.15) is 0 Å². The van der Waals surface area contributed by atoms with Crippen molar-refractivity contribution in [1.29, 1.82) is 0 Å². The van der Waals surface area contributed by atoms with Gasteiger partial charge in [0.25, 0.3) is 5.91 Å². The third kappa shape index (κ3) is 3.77. The highest BCUT2D eigenvalue weighted by Crippen LogP contribution is 2.24. The first kappa shape index (κ1) is 14.3. The fraction of sp³-hybridized carbons (Fsp3) is 0.714. The molecule has 0 saturated carbocycles. The first-order valence-electron chi connectivity index (χ1n) is 3.72. The van der Waals surface area contributed by atoms with Crippen LogP contribution in [0, 0.1) is 0 Å². The van der Waals surface area contributed by atoms with Crippen molar-refractivity contribution in [2.24, 2.45) is 0 Å². The second kappa shape index (κ2) is 5.43. The van der Waals surface area contributed by atoms with Gasteiger partial charge in [0.1, 0.15) is 0 Å². The van der Waals surface area contributed by atoms with E-state index in [-0.39, 0.29) is 10.2 Å². The highest BCUT2D eigenvalue weighted by Gasteiger charge is 2.50. The fourth-order valence-corrected chi connectivity index (χ4v) is 0.904.